The number of carboxylic acid groups (broad SMARTS) is 1. The summed E-state index contributed by atoms with van der Waals surface area (Å²) in [5.74, 6) is -0.723. The van der Waals surface area contributed by atoms with Crippen LogP contribution in [-0.2, 0) is 4.74 Å². The molecular formula is C29H19Cl4LiN2O8. The van der Waals surface area contributed by atoms with E-state index in [2.05, 4.69) is 14.7 Å². The van der Waals surface area contributed by atoms with E-state index in [0.717, 1.165) is 0 Å². The number of fused-ring (bicyclic) bond motifs is 2. The Morgan fingerprint density at radius 3 is 1.45 bits per heavy atom. The molecule has 15 heteroatoms. The first-order chi connectivity index (χ1) is 19.6. The average molecular weight is 672 g/mol. The summed E-state index contributed by atoms with van der Waals surface area (Å²) >= 11 is 23.8. The van der Waals surface area contributed by atoms with Crippen molar-refractivity contribution < 1.29 is 58.1 Å². The Hall–Kier alpha value is -3.56. The van der Waals surface area contributed by atoms with Gasteiger partial charge in [0, 0.05) is 31.2 Å². The van der Waals surface area contributed by atoms with Crippen LogP contribution in [0.5, 0.6) is 0 Å². The van der Waals surface area contributed by atoms with Crippen LogP contribution >= 0.6 is 46.4 Å². The number of halogens is 4. The van der Waals surface area contributed by atoms with Gasteiger partial charge in [-0.05, 0) is 72.8 Å². The zero-order chi connectivity index (χ0) is 29.3. The van der Waals surface area contributed by atoms with E-state index in [9.17, 15) is 9.59 Å². The van der Waals surface area contributed by atoms with Crippen molar-refractivity contribution >= 4 is 80.5 Å². The maximum absolute atomic E-state index is 11.5. The molecule has 0 radical (unpaired) electrons. The number of nitrogens with zero attached hydrogens (tertiary/aromatic N) is 2. The molecule has 0 fully saturated rings. The van der Waals surface area contributed by atoms with Crippen LogP contribution in [0.4, 0.5) is 0 Å². The number of hydrogen-bond acceptors (Lipinski definition) is 8. The van der Waals surface area contributed by atoms with Crippen LogP contribution in [0.2, 0.25) is 20.1 Å². The molecule has 0 saturated heterocycles. The van der Waals surface area contributed by atoms with Crippen molar-refractivity contribution in [1.29, 1.82) is 0 Å². The molecule has 0 unspecified atom stereocenters. The smallest absolute Gasteiger partial charge is 0.870 e. The third-order valence-corrected chi connectivity index (χ3v) is 6.54. The van der Waals surface area contributed by atoms with Gasteiger partial charge in [0.15, 0.2) is 11.2 Å². The predicted octanol–water partition coefficient (Wildman–Crippen LogP) is 5.09. The second-order valence-electron chi connectivity index (χ2n) is 8.52. The van der Waals surface area contributed by atoms with Gasteiger partial charge in [0.05, 0.1) is 18.2 Å². The van der Waals surface area contributed by atoms with Crippen LogP contribution in [0.25, 0.3) is 45.1 Å². The molecule has 0 amide bonds. The number of carbonyl (C=O) groups excluding carboxylic acids is 1. The van der Waals surface area contributed by atoms with Gasteiger partial charge in [-0.3, -0.25) is 0 Å². The molecule has 0 atom stereocenters. The molecule has 2 aromatic heterocycles. The fourth-order valence-corrected chi connectivity index (χ4v) is 4.88. The number of carboxylic acids is 1. The fraction of sp³-hybridized carbons (Fsp3) is 0.0345. The number of benzene rings is 4. The number of esters is 1. The van der Waals surface area contributed by atoms with E-state index in [1.54, 1.807) is 60.7 Å². The number of hydrogen-bond donors (Lipinski definition) is 1. The molecule has 222 valence electrons. The second-order valence-corrected chi connectivity index (χ2v) is 10.3. The third-order valence-electron chi connectivity index (χ3n) is 5.66. The topological polar surface area (TPSA) is 177 Å². The Morgan fingerprint density at radius 1 is 0.682 bits per heavy atom. The molecule has 44 heavy (non-hydrogen) atoms. The van der Waals surface area contributed by atoms with Gasteiger partial charge in [0.1, 0.15) is 11.0 Å². The molecule has 4 N–H and O–H groups in total. The van der Waals surface area contributed by atoms with Crippen molar-refractivity contribution in [2.24, 2.45) is 0 Å². The number of carbonyl (C=O) groups is 2. The minimum atomic E-state index is -1.02. The van der Waals surface area contributed by atoms with Crippen molar-refractivity contribution in [3.63, 3.8) is 0 Å². The quantitative estimate of drug-likeness (QED) is 0.197. The zero-order valence-corrected chi connectivity index (χ0v) is 25.8. The molecule has 10 nitrogen and oxygen atoms in total. The molecule has 6 rings (SSSR count). The Labute approximate surface area is 281 Å². The molecule has 6 aromatic rings. The van der Waals surface area contributed by atoms with Crippen molar-refractivity contribution in [3.8, 4) is 22.9 Å². The van der Waals surface area contributed by atoms with E-state index in [1.807, 2.05) is 0 Å². The SMILES string of the molecule is COC(=O)c1ccc2nc(-c3cc(Cl)cc(Cl)c3)oc2c1.O.O=C(O)c1ccc2nc(-c3cc(Cl)cc(Cl)c3)oc2c1.[Li+].[OH-]. The van der Waals surface area contributed by atoms with E-state index in [4.69, 9.17) is 60.3 Å². The standard InChI is InChI=1S/C15H9Cl2NO3.C14H7Cl2NO3.Li.2H2O/c1-20-15(19)8-2-3-12-13(6-8)21-14(18-12)9-4-10(16)7-11(17)5-9;15-9-3-8(4-10(16)6-9)13-17-11-2-1-7(14(18)19)5-12(11)20-13;;;/h2-7H,1H3;1-6H,(H,18,19);;2*1H2/q;;+1;;/p-1. The number of rotatable bonds is 4. The van der Waals surface area contributed by atoms with E-state index in [0.29, 0.717) is 70.8 Å². The second kappa shape index (κ2) is 15.4. The van der Waals surface area contributed by atoms with Gasteiger partial charge < -0.3 is 29.6 Å². The first kappa shape index (κ1) is 36.6. The summed E-state index contributed by atoms with van der Waals surface area (Å²) in [5, 5.41) is 10.9. The summed E-state index contributed by atoms with van der Waals surface area (Å²) in [5.41, 5.74) is 3.94. The van der Waals surface area contributed by atoms with Crippen LogP contribution in [0.15, 0.2) is 81.6 Å². The predicted molar refractivity (Wildman–Crippen MR) is 163 cm³/mol. The fourth-order valence-electron chi connectivity index (χ4n) is 3.83. The van der Waals surface area contributed by atoms with Gasteiger partial charge in [-0.1, -0.05) is 46.4 Å². The molecule has 0 aliphatic rings. The molecular weight excluding hydrogens is 653 g/mol. The van der Waals surface area contributed by atoms with Gasteiger partial charge in [-0.25, -0.2) is 19.6 Å². The number of aromatic nitrogens is 2. The molecule has 2 heterocycles. The summed E-state index contributed by atoms with van der Waals surface area (Å²) in [7, 11) is 1.33. The molecule has 4 aromatic carbocycles. The minimum Gasteiger partial charge on any atom is -0.870 e. The Kier molecular flexibility index (Phi) is 12.9. The number of methoxy groups -OCH3 is 1. The number of aromatic carboxylic acids is 1. The van der Waals surface area contributed by atoms with Crippen LogP contribution < -0.4 is 18.9 Å². The Bertz CT molecular complexity index is 1920. The molecule has 0 saturated carbocycles. The average Bonchev–Trinajstić information content (AvgIpc) is 3.55. The van der Waals surface area contributed by atoms with Crippen LogP contribution in [-0.4, -0.2) is 45.1 Å². The largest absolute Gasteiger partial charge is 1.00 e. The van der Waals surface area contributed by atoms with Crippen molar-refractivity contribution in [3.05, 3.63) is 104 Å². The van der Waals surface area contributed by atoms with E-state index < -0.39 is 11.9 Å². The van der Waals surface area contributed by atoms with Gasteiger partial charge >= 0.3 is 30.8 Å². The van der Waals surface area contributed by atoms with E-state index in [1.165, 1.54) is 19.2 Å². The third kappa shape index (κ3) is 8.33. The number of ether oxygens (including phenoxy) is 1. The van der Waals surface area contributed by atoms with E-state index in [-0.39, 0.29) is 35.4 Å². The Morgan fingerprint density at radius 2 is 1.07 bits per heavy atom. The molecule has 0 aliphatic carbocycles. The van der Waals surface area contributed by atoms with Crippen molar-refractivity contribution in [2.45, 2.75) is 0 Å². The zero-order valence-electron chi connectivity index (χ0n) is 22.8. The van der Waals surface area contributed by atoms with Gasteiger partial charge in [-0.15, -0.1) is 0 Å². The maximum atomic E-state index is 11.5. The van der Waals surface area contributed by atoms with Crippen LogP contribution in [0.3, 0.4) is 0 Å². The number of oxazole rings is 2. The van der Waals surface area contributed by atoms with Crippen LogP contribution in [0.1, 0.15) is 20.7 Å². The Balaban J connectivity index is 0.000000287. The summed E-state index contributed by atoms with van der Waals surface area (Å²) < 4.78 is 15.9. The normalized spacial score (nSPS) is 10.1. The molecule has 0 aliphatic heterocycles. The summed E-state index contributed by atoms with van der Waals surface area (Å²) in [4.78, 5) is 31.1. The van der Waals surface area contributed by atoms with Gasteiger partial charge in [0.25, 0.3) is 0 Å². The van der Waals surface area contributed by atoms with E-state index >= 15 is 0 Å². The molecule has 0 bridgehead atoms. The van der Waals surface area contributed by atoms with Gasteiger partial charge in [0.2, 0.25) is 11.8 Å². The molecule has 0 spiro atoms. The summed E-state index contributed by atoms with van der Waals surface area (Å²) in [6.07, 6.45) is 0. The summed E-state index contributed by atoms with van der Waals surface area (Å²) in [6.45, 7) is 0. The first-order valence-electron chi connectivity index (χ1n) is 11.7. The van der Waals surface area contributed by atoms with Gasteiger partial charge in [-0.2, -0.15) is 0 Å². The monoisotopic (exact) mass is 670 g/mol. The maximum Gasteiger partial charge on any atom is 1.00 e. The minimum absolute atomic E-state index is 0. The van der Waals surface area contributed by atoms with Crippen LogP contribution in [0, 0.1) is 0 Å². The first-order valence-corrected chi connectivity index (χ1v) is 13.2. The summed E-state index contributed by atoms with van der Waals surface area (Å²) in [6, 6.07) is 19.4. The van der Waals surface area contributed by atoms with Crippen molar-refractivity contribution in [1.82, 2.24) is 9.97 Å². The van der Waals surface area contributed by atoms with Crippen molar-refractivity contribution in [2.75, 3.05) is 7.11 Å².